The number of anilines is 1. The molecule has 3 aromatic heterocycles. The molecule has 0 aliphatic rings. The van der Waals surface area contributed by atoms with Gasteiger partial charge < -0.3 is 24.3 Å². The molecule has 0 aliphatic carbocycles. The summed E-state index contributed by atoms with van der Waals surface area (Å²) in [6.07, 6.45) is 1.72. The van der Waals surface area contributed by atoms with E-state index in [1.165, 1.54) is 14.2 Å². The lowest BCUT2D eigenvalue weighted by atomic mass is 10.1. The number of hydrogen-bond acceptors (Lipinski definition) is 7. The van der Waals surface area contributed by atoms with Gasteiger partial charge in [-0.25, -0.2) is 0 Å². The van der Waals surface area contributed by atoms with E-state index in [-0.39, 0.29) is 18.1 Å². The highest BCUT2D eigenvalue weighted by molar-refractivity contribution is 6.19. The van der Waals surface area contributed by atoms with Gasteiger partial charge in [0.05, 0.1) is 43.3 Å². The minimum atomic E-state index is -0.308. The first kappa shape index (κ1) is 23.4. The maximum absolute atomic E-state index is 13.8. The van der Waals surface area contributed by atoms with E-state index < -0.39 is 0 Å². The van der Waals surface area contributed by atoms with Gasteiger partial charge >= 0.3 is 0 Å². The minimum Gasteiger partial charge on any atom is -0.497 e. The first-order valence-electron chi connectivity index (χ1n) is 11.8. The molecule has 0 spiro atoms. The van der Waals surface area contributed by atoms with E-state index in [0.717, 1.165) is 10.8 Å². The van der Waals surface area contributed by atoms with Crippen LogP contribution in [0.2, 0.25) is 0 Å². The van der Waals surface area contributed by atoms with Gasteiger partial charge in [-0.3, -0.25) is 19.0 Å². The number of fused-ring (bicyclic) bond motifs is 5. The molecule has 0 saturated carbocycles. The second-order valence-corrected chi connectivity index (χ2v) is 8.67. The Morgan fingerprint density at radius 3 is 2.55 bits per heavy atom. The zero-order valence-electron chi connectivity index (χ0n) is 20.9. The van der Waals surface area contributed by atoms with Crippen LogP contribution in [0, 0.1) is 0 Å². The van der Waals surface area contributed by atoms with Gasteiger partial charge in [-0.2, -0.15) is 0 Å². The number of carbonyl (C=O) groups is 1. The van der Waals surface area contributed by atoms with Crippen LogP contribution in [-0.4, -0.2) is 43.2 Å². The molecule has 0 aliphatic heterocycles. The average Bonchev–Trinajstić information content (AvgIpc) is 3.28. The summed E-state index contributed by atoms with van der Waals surface area (Å²) < 4.78 is 23.7. The molecule has 0 bridgehead atoms. The monoisotopic (exact) mass is 509 g/mol. The number of carbonyl (C=O) groups excluding carboxylic acids is 1. The van der Waals surface area contributed by atoms with Gasteiger partial charge in [0, 0.05) is 34.1 Å². The van der Waals surface area contributed by atoms with Crippen LogP contribution < -0.4 is 29.8 Å². The number of pyridine rings is 2. The van der Waals surface area contributed by atoms with E-state index in [9.17, 15) is 9.59 Å². The van der Waals surface area contributed by atoms with Crippen molar-refractivity contribution < 1.29 is 23.7 Å². The lowest BCUT2D eigenvalue weighted by Gasteiger charge is -2.12. The number of benzene rings is 3. The molecule has 6 rings (SSSR count). The molecule has 0 unspecified atom stereocenters. The van der Waals surface area contributed by atoms with Crippen molar-refractivity contribution in [3.05, 3.63) is 77.2 Å². The first-order chi connectivity index (χ1) is 18.5. The molecular weight excluding hydrogens is 486 g/mol. The Labute approximate surface area is 216 Å². The second-order valence-electron chi connectivity index (χ2n) is 8.67. The van der Waals surface area contributed by atoms with Crippen LogP contribution >= 0.6 is 0 Å². The highest BCUT2D eigenvalue weighted by atomic mass is 16.5. The van der Waals surface area contributed by atoms with Crippen LogP contribution in [-0.2, 0) is 4.79 Å². The summed E-state index contributed by atoms with van der Waals surface area (Å²) in [7, 11) is 4.61. The third kappa shape index (κ3) is 3.59. The Hall–Kier alpha value is -5.05. The van der Waals surface area contributed by atoms with Crippen molar-refractivity contribution in [3.63, 3.8) is 0 Å². The minimum absolute atomic E-state index is 0.185. The number of ether oxygens (including phenoxy) is 4. The van der Waals surface area contributed by atoms with E-state index >= 15 is 0 Å². The Balaban J connectivity index is 1.42. The Bertz CT molecular complexity index is 1910. The largest absolute Gasteiger partial charge is 0.497 e. The van der Waals surface area contributed by atoms with Crippen molar-refractivity contribution in [2.45, 2.75) is 0 Å². The molecule has 190 valence electrons. The van der Waals surface area contributed by atoms with E-state index in [4.69, 9.17) is 18.9 Å². The lowest BCUT2D eigenvalue weighted by molar-refractivity contribution is -0.118. The third-order valence-electron chi connectivity index (χ3n) is 6.59. The summed E-state index contributed by atoms with van der Waals surface area (Å²) in [5, 5.41) is 5.53. The molecule has 3 heterocycles. The molecule has 38 heavy (non-hydrogen) atoms. The highest BCUT2D eigenvalue weighted by Crippen LogP contribution is 2.39. The first-order valence-corrected chi connectivity index (χ1v) is 11.8. The Morgan fingerprint density at radius 1 is 0.895 bits per heavy atom. The van der Waals surface area contributed by atoms with Crippen molar-refractivity contribution in [2.75, 3.05) is 33.3 Å². The standard InChI is InChI=1S/C29H23N3O6/c1-35-17-6-4-5-16(13-17)31-24(33)15-38-18-7-9-22-21(14-18)19-11-12-30-26-20-8-10-23(36-2)28(37-3)25(20)29(34)32(22)27(19)26/h4-14H,15H2,1-3H3,(H,31,33). The number of rotatable bonds is 7. The number of hydrogen-bond donors (Lipinski definition) is 1. The van der Waals surface area contributed by atoms with Gasteiger partial charge in [-0.15, -0.1) is 0 Å². The molecule has 0 fully saturated rings. The highest BCUT2D eigenvalue weighted by Gasteiger charge is 2.22. The van der Waals surface area contributed by atoms with Crippen molar-refractivity contribution in [1.29, 1.82) is 0 Å². The fraction of sp³-hybridized carbons (Fsp3) is 0.138. The zero-order chi connectivity index (χ0) is 26.4. The van der Waals surface area contributed by atoms with E-state index in [0.29, 0.717) is 56.0 Å². The predicted octanol–water partition coefficient (Wildman–Crippen LogP) is 4.64. The third-order valence-corrected chi connectivity index (χ3v) is 6.59. The smallest absolute Gasteiger partial charge is 0.267 e. The van der Waals surface area contributed by atoms with Gasteiger partial charge in [0.1, 0.15) is 11.5 Å². The van der Waals surface area contributed by atoms with Crippen LogP contribution in [0.1, 0.15) is 0 Å². The number of nitrogens with zero attached hydrogens (tertiary/aromatic N) is 2. The van der Waals surface area contributed by atoms with Crippen LogP contribution in [0.3, 0.4) is 0 Å². The molecule has 1 N–H and O–H groups in total. The van der Waals surface area contributed by atoms with Gasteiger partial charge in [0.15, 0.2) is 18.1 Å². The van der Waals surface area contributed by atoms with Gasteiger partial charge in [0.25, 0.3) is 11.5 Å². The Morgan fingerprint density at radius 2 is 1.76 bits per heavy atom. The summed E-state index contributed by atoms with van der Waals surface area (Å²) in [6.45, 7) is -0.185. The Kier molecular flexibility index (Phi) is 5.60. The number of amides is 1. The molecule has 3 aromatic carbocycles. The predicted molar refractivity (Wildman–Crippen MR) is 145 cm³/mol. The normalized spacial score (nSPS) is 11.3. The molecule has 9 heteroatoms. The van der Waals surface area contributed by atoms with Crippen LogP contribution in [0.5, 0.6) is 23.0 Å². The fourth-order valence-electron chi connectivity index (χ4n) is 4.94. The summed E-state index contributed by atoms with van der Waals surface area (Å²) in [6, 6.07) is 17.9. The molecule has 6 aromatic rings. The maximum Gasteiger partial charge on any atom is 0.267 e. The van der Waals surface area contributed by atoms with Gasteiger partial charge in [-0.1, -0.05) is 6.07 Å². The number of methoxy groups -OCH3 is 3. The van der Waals surface area contributed by atoms with Crippen molar-refractivity contribution in [1.82, 2.24) is 9.38 Å². The number of aromatic nitrogens is 2. The van der Waals surface area contributed by atoms with Crippen molar-refractivity contribution in [2.24, 2.45) is 0 Å². The quantitative estimate of drug-likeness (QED) is 0.313. The van der Waals surface area contributed by atoms with Crippen molar-refractivity contribution >= 4 is 49.7 Å². The van der Waals surface area contributed by atoms with Crippen molar-refractivity contribution in [3.8, 4) is 23.0 Å². The topological polar surface area (TPSA) is 100 Å². The van der Waals surface area contributed by atoms with E-state index in [1.54, 1.807) is 54.1 Å². The molecule has 9 nitrogen and oxygen atoms in total. The van der Waals surface area contributed by atoms with Crippen LogP contribution in [0.25, 0.3) is 38.1 Å². The second kappa shape index (κ2) is 9.11. The molecule has 0 atom stereocenters. The maximum atomic E-state index is 13.8. The summed E-state index contributed by atoms with van der Waals surface area (Å²) in [5.74, 6) is 1.67. The summed E-state index contributed by atoms with van der Waals surface area (Å²) >= 11 is 0. The zero-order valence-corrected chi connectivity index (χ0v) is 20.9. The van der Waals surface area contributed by atoms with Crippen LogP contribution in [0.15, 0.2) is 71.7 Å². The van der Waals surface area contributed by atoms with E-state index in [1.807, 2.05) is 24.3 Å². The van der Waals surface area contributed by atoms with Gasteiger partial charge in [0.2, 0.25) is 0 Å². The van der Waals surface area contributed by atoms with Gasteiger partial charge in [-0.05, 0) is 48.5 Å². The fourth-order valence-corrected chi connectivity index (χ4v) is 4.94. The molecule has 0 radical (unpaired) electrons. The van der Waals surface area contributed by atoms with E-state index in [2.05, 4.69) is 10.3 Å². The average molecular weight is 510 g/mol. The molecule has 0 saturated heterocycles. The molecular formula is C29H23N3O6. The van der Waals surface area contributed by atoms with Crippen LogP contribution in [0.4, 0.5) is 5.69 Å². The lowest BCUT2D eigenvalue weighted by Crippen LogP contribution is -2.20. The number of nitrogens with one attached hydrogen (secondary N) is 1. The summed E-state index contributed by atoms with van der Waals surface area (Å²) in [5.41, 5.74) is 2.46. The summed E-state index contributed by atoms with van der Waals surface area (Å²) in [4.78, 5) is 30.9. The molecule has 1 amide bonds. The SMILES string of the molecule is COc1cccc(NC(=O)COc2ccc3c(c2)c2ccnc4c5ccc(OC)c(OC)c5c(=O)n3c24)c1.